The number of benzene rings is 2. The lowest BCUT2D eigenvalue weighted by molar-refractivity contribution is 0.460. The van der Waals surface area contributed by atoms with Gasteiger partial charge >= 0.3 is 0 Å². The Morgan fingerprint density at radius 2 is 1.19 bits per heavy atom. The Hall–Kier alpha value is -1.67. The van der Waals surface area contributed by atoms with E-state index < -0.39 is 4.87 Å². The van der Waals surface area contributed by atoms with Crippen LogP contribution >= 0.6 is 11.6 Å². The van der Waals surface area contributed by atoms with Crippen LogP contribution in [-0.2, 0) is 4.87 Å². The van der Waals surface area contributed by atoms with Gasteiger partial charge in [0.25, 0.3) is 0 Å². The summed E-state index contributed by atoms with van der Waals surface area (Å²) in [5, 5.41) is 0. The smallest absolute Gasteiger partial charge is 0.0944 e. The fourth-order valence-electron chi connectivity index (χ4n) is 3.15. The molecule has 0 aliphatic heterocycles. The Balaban J connectivity index is 2.40. The third kappa shape index (κ3) is 4.73. The molecule has 26 heavy (non-hydrogen) atoms. The van der Waals surface area contributed by atoms with Gasteiger partial charge in [0.2, 0.25) is 0 Å². The fourth-order valence-corrected chi connectivity index (χ4v) is 3.51. The lowest BCUT2D eigenvalue weighted by atomic mass is 9.84. The van der Waals surface area contributed by atoms with Crippen LogP contribution in [0.4, 0.5) is 11.4 Å². The van der Waals surface area contributed by atoms with Crippen molar-refractivity contribution in [3.63, 3.8) is 0 Å². The van der Waals surface area contributed by atoms with Crippen molar-refractivity contribution in [3.8, 4) is 0 Å². The van der Waals surface area contributed by atoms with Crippen molar-refractivity contribution in [2.24, 2.45) is 5.92 Å². The molecule has 1 unspecified atom stereocenters. The van der Waals surface area contributed by atoms with Gasteiger partial charge in [0.15, 0.2) is 0 Å². The summed E-state index contributed by atoms with van der Waals surface area (Å²) in [6.45, 7) is 4.56. The molecule has 0 heterocycles. The number of halogens is 1. The first-order valence-electron chi connectivity index (χ1n) is 9.52. The molecule has 0 amide bonds. The molecule has 0 saturated carbocycles. The van der Waals surface area contributed by atoms with E-state index in [-0.39, 0.29) is 0 Å². The second-order valence-corrected chi connectivity index (χ2v) is 8.38. The summed E-state index contributed by atoms with van der Waals surface area (Å²) < 4.78 is 0. The molecule has 0 spiro atoms. The minimum absolute atomic E-state index is 0.487. The predicted molar refractivity (Wildman–Crippen MR) is 117 cm³/mol. The Labute approximate surface area is 164 Å². The molecule has 2 aromatic rings. The number of hydrogen-bond acceptors (Lipinski definition) is 2. The van der Waals surface area contributed by atoms with Gasteiger partial charge in [0.1, 0.15) is 0 Å². The van der Waals surface area contributed by atoms with Gasteiger partial charge in [-0.25, -0.2) is 0 Å². The Morgan fingerprint density at radius 3 is 1.50 bits per heavy atom. The highest BCUT2D eigenvalue weighted by molar-refractivity contribution is 6.26. The van der Waals surface area contributed by atoms with E-state index in [0.29, 0.717) is 5.92 Å². The topological polar surface area (TPSA) is 6.48 Å². The van der Waals surface area contributed by atoms with E-state index in [1.165, 1.54) is 28.9 Å². The molecule has 0 aliphatic carbocycles. The van der Waals surface area contributed by atoms with Crippen LogP contribution in [0.3, 0.4) is 0 Å². The number of alkyl halides is 1. The second-order valence-electron chi connectivity index (χ2n) is 7.74. The maximum Gasteiger partial charge on any atom is 0.0944 e. The SMILES string of the molecule is CCC(C)CCC(Cl)(c1ccc(N(C)C)cc1)c1ccc(N(C)C)cc1. The summed E-state index contributed by atoms with van der Waals surface area (Å²) in [7, 11) is 8.25. The van der Waals surface area contributed by atoms with Crippen LogP contribution in [0.25, 0.3) is 0 Å². The molecular formula is C23H33ClN2. The monoisotopic (exact) mass is 372 g/mol. The van der Waals surface area contributed by atoms with E-state index >= 15 is 0 Å². The normalized spacial score (nSPS) is 12.7. The fraction of sp³-hybridized carbons (Fsp3) is 0.478. The van der Waals surface area contributed by atoms with E-state index in [4.69, 9.17) is 11.6 Å². The largest absolute Gasteiger partial charge is 0.378 e. The first-order chi connectivity index (χ1) is 12.3. The van der Waals surface area contributed by atoms with E-state index in [9.17, 15) is 0 Å². The quantitative estimate of drug-likeness (QED) is 0.514. The molecule has 2 aromatic carbocycles. The van der Waals surface area contributed by atoms with E-state index in [1.807, 2.05) is 0 Å². The lowest BCUT2D eigenvalue weighted by Crippen LogP contribution is -2.22. The van der Waals surface area contributed by atoms with Gasteiger partial charge < -0.3 is 9.80 Å². The summed E-state index contributed by atoms with van der Waals surface area (Å²) in [5.41, 5.74) is 4.73. The zero-order valence-corrected chi connectivity index (χ0v) is 17.8. The van der Waals surface area contributed by atoms with E-state index in [1.54, 1.807) is 0 Å². The zero-order chi connectivity index (χ0) is 19.3. The zero-order valence-electron chi connectivity index (χ0n) is 17.1. The van der Waals surface area contributed by atoms with Gasteiger partial charge in [-0.15, -0.1) is 11.6 Å². The van der Waals surface area contributed by atoms with Crippen LogP contribution in [0, 0.1) is 5.92 Å². The summed E-state index contributed by atoms with van der Waals surface area (Å²) >= 11 is 7.33. The molecule has 142 valence electrons. The van der Waals surface area contributed by atoms with Gasteiger partial charge in [0.05, 0.1) is 4.87 Å². The van der Waals surface area contributed by atoms with Crippen LogP contribution < -0.4 is 9.80 Å². The van der Waals surface area contributed by atoms with Crippen molar-refractivity contribution in [2.75, 3.05) is 38.0 Å². The first-order valence-corrected chi connectivity index (χ1v) is 9.90. The highest BCUT2D eigenvalue weighted by atomic mass is 35.5. The van der Waals surface area contributed by atoms with Crippen molar-refractivity contribution in [1.82, 2.24) is 0 Å². The number of nitrogens with zero attached hydrogens (tertiary/aromatic N) is 2. The summed E-state index contributed by atoms with van der Waals surface area (Å²) in [4.78, 5) is 3.74. The van der Waals surface area contributed by atoms with Gasteiger partial charge in [-0.1, -0.05) is 44.5 Å². The average Bonchev–Trinajstić information content (AvgIpc) is 2.65. The van der Waals surface area contributed by atoms with Gasteiger partial charge in [-0.2, -0.15) is 0 Å². The molecule has 0 bridgehead atoms. The highest BCUT2D eigenvalue weighted by Gasteiger charge is 2.32. The van der Waals surface area contributed by atoms with E-state index in [0.717, 1.165) is 12.8 Å². The number of rotatable bonds is 8. The molecule has 1 atom stereocenters. The lowest BCUT2D eigenvalue weighted by Gasteiger charge is -2.30. The van der Waals surface area contributed by atoms with Gasteiger partial charge in [-0.05, 0) is 54.2 Å². The summed E-state index contributed by atoms with van der Waals surface area (Å²) in [6.07, 6.45) is 3.24. The van der Waals surface area contributed by atoms with Crippen LogP contribution in [0.15, 0.2) is 48.5 Å². The van der Waals surface area contributed by atoms with Crippen LogP contribution in [0.2, 0.25) is 0 Å². The Kier molecular flexibility index (Phi) is 7.00. The van der Waals surface area contributed by atoms with Crippen molar-refractivity contribution in [2.45, 2.75) is 38.0 Å². The molecule has 0 radical (unpaired) electrons. The Bertz CT molecular complexity index is 623. The van der Waals surface area contributed by atoms with Crippen LogP contribution in [0.1, 0.15) is 44.2 Å². The molecule has 2 rings (SSSR count). The molecule has 3 heteroatoms. The molecule has 0 aromatic heterocycles. The molecule has 0 fully saturated rings. The molecule has 0 saturated heterocycles. The Morgan fingerprint density at radius 1 is 0.808 bits per heavy atom. The van der Waals surface area contributed by atoms with Crippen molar-refractivity contribution in [3.05, 3.63) is 59.7 Å². The number of anilines is 2. The van der Waals surface area contributed by atoms with Crippen molar-refractivity contribution < 1.29 is 0 Å². The third-order valence-corrected chi connectivity index (χ3v) is 5.99. The predicted octanol–water partition coefficient (Wildman–Crippen LogP) is 6.13. The highest BCUT2D eigenvalue weighted by Crippen LogP contribution is 2.42. The van der Waals surface area contributed by atoms with Crippen molar-refractivity contribution >= 4 is 23.0 Å². The number of hydrogen-bond donors (Lipinski definition) is 0. The standard InChI is InChI=1S/C23H33ClN2/c1-7-18(2)16-17-23(24,19-8-12-21(13-9-19)25(3)4)20-10-14-22(15-11-20)26(5)6/h8-15,18H,7,16-17H2,1-6H3. The van der Waals surface area contributed by atoms with Crippen LogP contribution in [0.5, 0.6) is 0 Å². The third-order valence-electron chi connectivity index (χ3n) is 5.36. The van der Waals surface area contributed by atoms with E-state index in [2.05, 4.69) is 100 Å². The van der Waals surface area contributed by atoms with Gasteiger partial charge in [0, 0.05) is 39.6 Å². The molecular weight excluding hydrogens is 340 g/mol. The maximum absolute atomic E-state index is 7.33. The molecule has 0 aliphatic rings. The average molecular weight is 373 g/mol. The van der Waals surface area contributed by atoms with Crippen molar-refractivity contribution in [1.29, 1.82) is 0 Å². The maximum atomic E-state index is 7.33. The second kappa shape index (κ2) is 8.81. The summed E-state index contributed by atoms with van der Waals surface area (Å²) in [6, 6.07) is 17.3. The summed E-state index contributed by atoms with van der Waals surface area (Å²) in [5.74, 6) is 0.676. The van der Waals surface area contributed by atoms with Crippen LogP contribution in [-0.4, -0.2) is 28.2 Å². The molecule has 2 nitrogen and oxygen atoms in total. The minimum Gasteiger partial charge on any atom is -0.378 e. The van der Waals surface area contributed by atoms with Gasteiger partial charge in [-0.3, -0.25) is 0 Å². The first kappa shape index (κ1) is 20.6. The molecule has 0 N–H and O–H groups in total. The minimum atomic E-state index is -0.487.